The Labute approximate surface area is 152 Å². The molecule has 0 radical (unpaired) electrons. The molecular weight excluding hydrogens is 351 g/mol. The molecule has 2 aliphatic rings. The van der Waals surface area contributed by atoms with E-state index in [4.69, 9.17) is 11.6 Å². The van der Waals surface area contributed by atoms with Crippen LogP contribution in [0.25, 0.3) is 0 Å². The van der Waals surface area contributed by atoms with Gasteiger partial charge in [-0.25, -0.2) is 4.79 Å². The number of benzene rings is 1. The number of ether oxygens (including phenoxy) is 1. The van der Waals surface area contributed by atoms with Crippen LogP contribution in [-0.2, 0) is 9.53 Å². The standard InChI is InChI=1S/C17H21ClN2O3.ClH/c1-23-17(22)14-5-4-13(9-15(14)18)20-16(21)8-10-6-11-2-3-12(7-10)19-11;/h4-5,9-12,19H,2-3,6-8H2,1H3,(H,20,21);1H. The van der Waals surface area contributed by atoms with Crippen molar-refractivity contribution in [1.29, 1.82) is 0 Å². The maximum atomic E-state index is 12.2. The lowest BCUT2D eigenvalue weighted by Gasteiger charge is -2.28. The highest BCUT2D eigenvalue weighted by atomic mass is 35.5. The molecule has 0 saturated carbocycles. The number of amides is 1. The Kier molecular flexibility index (Phi) is 6.49. The van der Waals surface area contributed by atoms with Crippen molar-refractivity contribution < 1.29 is 14.3 Å². The van der Waals surface area contributed by atoms with E-state index >= 15 is 0 Å². The van der Waals surface area contributed by atoms with E-state index in [1.54, 1.807) is 18.2 Å². The van der Waals surface area contributed by atoms with E-state index < -0.39 is 5.97 Å². The predicted molar refractivity (Wildman–Crippen MR) is 96.0 cm³/mol. The zero-order chi connectivity index (χ0) is 16.4. The summed E-state index contributed by atoms with van der Waals surface area (Å²) in [4.78, 5) is 23.7. The second kappa shape index (κ2) is 8.19. The van der Waals surface area contributed by atoms with Crippen LogP contribution >= 0.6 is 24.0 Å². The number of nitrogens with one attached hydrogen (secondary N) is 2. The third kappa shape index (κ3) is 4.41. The minimum absolute atomic E-state index is 0. The van der Waals surface area contributed by atoms with Gasteiger partial charge in [0.05, 0.1) is 17.7 Å². The monoisotopic (exact) mass is 372 g/mol. The van der Waals surface area contributed by atoms with Crippen molar-refractivity contribution in [3.05, 3.63) is 28.8 Å². The lowest BCUT2D eigenvalue weighted by Crippen LogP contribution is -2.39. The van der Waals surface area contributed by atoms with Crippen molar-refractivity contribution in [3.8, 4) is 0 Å². The zero-order valence-electron chi connectivity index (χ0n) is 13.5. The maximum Gasteiger partial charge on any atom is 0.339 e. The van der Waals surface area contributed by atoms with Crippen molar-refractivity contribution in [2.45, 2.75) is 44.2 Å². The number of rotatable bonds is 4. The normalized spacial score (nSPS) is 24.8. The summed E-state index contributed by atoms with van der Waals surface area (Å²) in [6, 6.07) is 5.98. The molecule has 1 aromatic carbocycles. The summed E-state index contributed by atoms with van der Waals surface area (Å²) in [5.74, 6) is -0.0465. The number of esters is 1. The molecule has 0 aliphatic carbocycles. The van der Waals surface area contributed by atoms with Crippen LogP contribution in [-0.4, -0.2) is 31.1 Å². The average molecular weight is 373 g/mol. The number of anilines is 1. The lowest BCUT2D eigenvalue weighted by atomic mass is 9.89. The van der Waals surface area contributed by atoms with Gasteiger partial charge < -0.3 is 15.4 Å². The molecule has 0 spiro atoms. The molecule has 24 heavy (non-hydrogen) atoms. The molecule has 2 saturated heterocycles. The number of fused-ring (bicyclic) bond motifs is 2. The number of hydrogen-bond acceptors (Lipinski definition) is 4. The summed E-state index contributed by atoms with van der Waals surface area (Å²) < 4.78 is 4.65. The Morgan fingerprint density at radius 1 is 1.29 bits per heavy atom. The Morgan fingerprint density at radius 3 is 2.54 bits per heavy atom. The van der Waals surface area contributed by atoms with Gasteiger partial charge in [0.2, 0.25) is 5.91 Å². The molecule has 2 heterocycles. The van der Waals surface area contributed by atoms with E-state index in [2.05, 4.69) is 15.4 Å². The fraction of sp³-hybridized carbons (Fsp3) is 0.529. The Morgan fingerprint density at radius 2 is 1.96 bits per heavy atom. The molecule has 2 aliphatic heterocycles. The third-order valence-corrected chi connectivity index (χ3v) is 5.02. The van der Waals surface area contributed by atoms with Crippen molar-refractivity contribution in [1.82, 2.24) is 5.32 Å². The molecule has 1 amide bonds. The summed E-state index contributed by atoms with van der Waals surface area (Å²) >= 11 is 6.06. The van der Waals surface area contributed by atoms with Crippen LogP contribution < -0.4 is 10.6 Å². The largest absolute Gasteiger partial charge is 0.465 e. The molecule has 1 aromatic rings. The lowest BCUT2D eigenvalue weighted by molar-refractivity contribution is -0.117. The fourth-order valence-corrected chi connectivity index (χ4v) is 3.94. The Bertz CT molecular complexity index is 612. The van der Waals surface area contributed by atoms with Crippen LogP contribution in [0.5, 0.6) is 0 Å². The van der Waals surface area contributed by atoms with Crippen LogP contribution in [0.15, 0.2) is 18.2 Å². The zero-order valence-corrected chi connectivity index (χ0v) is 15.1. The maximum absolute atomic E-state index is 12.2. The predicted octanol–water partition coefficient (Wildman–Crippen LogP) is 3.41. The number of halogens is 2. The molecule has 3 rings (SSSR count). The Balaban J connectivity index is 0.00000208. The first-order chi connectivity index (χ1) is 11.0. The summed E-state index contributed by atoms with van der Waals surface area (Å²) in [6.45, 7) is 0. The molecular formula is C17H22Cl2N2O3. The molecule has 132 valence electrons. The molecule has 2 fully saturated rings. The van der Waals surface area contributed by atoms with Crippen molar-refractivity contribution in [2.24, 2.45) is 5.92 Å². The molecule has 7 heteroatoms. The van der Waals surface area contributed by atoms with Crippen molar-refractivity contribution in [3.63, 3.8) is 0 Å². The summed E-state index contributed by atoms with van der Waals surface area (Å²) in [7, 11) is 1.31. The number of methoxy groups -OCH3 is 1. The number of carbonyl (C=O) groups excluding carboxylic acids is 2. The van der Waals surface area contributed by atoms with Gasteiger partial charge in [-0.05, 0) is 49.8 Å². The summed E-state index contributed by atoms with van der Waals surface area (Å²) in [6.07, 6.45) is 5.14. The van der Waals surface area contributed by atoms with Crippen LogP contribution in [0.3, 0.4) is 0 Å². The first-order valence-electron chi connectivity index (χ1n) is 7.99. The quantitative estimate of drug-likeness (QED) is 0.794. The van der Waals surface area contributed by atoms with E-state index in [1.807, 2.05) is 0 Å². The first-order valence-corrected chi connectivity index (χ1v) is 8.36. The summed E-state index contributed by atoms with van der Waals surface area (Å²) in [5.41, 5.74) is 0.895. The second-order valence-corrected chi connectivity index (χ2v) is 6.82. The van der Waals surface area contributed by atoms with Gasteiger partial charge in [0.1, 0.15) is 0 Å². The van der Waals surface area contributed by atoms with Crippen molar-refractivity contribution >= 4 is 41.6 Å². The number of hydrogen-bond donors (Lipinski definition) is 2. The molecule has 2 unspecified atom stereocenters. The van der Waals surface area contributed by atoms with Gasteiger partial charge >= 0.3 is 5.97 Å². The highest BCUT2D eigenvalue weighted by Gasteiger charge is 2.34. The van der Waals surface area contributed by atoms with Crippen LogP contribution in [0.1, 0.15) is 42.5 Å². The van der Waals surface area contributed by atoms with Gasteiger partial charge in [0.25, 0.3) is 0 Å². The van der Waals surface area contributed by atoms with Gasteiger partial charge in [0.15, 0.2) is 0 Å². The minimum atomic E-state index is -0.488. The minimum Gasteiger partial charge on any atom is -0.465 e. The molecule has 2 bridgehead atoms. The SMILES string of the molecule is COC(=O)c1ccc(NC(=O)CC2CC3CCC(C2)N3)cc1Cl.Cl. The molecule has 0 aromatic heterocycles. The van der Waals surface area contributed by atoms with Gasteiger partial charge in [-0.1, -0.05) is 11.6 Å². The van der Waals surface area contributed by atoms with Crippen LogP contribution in [0.4, 0.5) is 5.69 Å². The van der Waals surface area contributed by atoms with E-state index in [9.17, 15) is 9.59 Å². The Hall–Kier alpha value is -1.30. The topological polar surface area (TPSA) is 67.4 Å². The number of carbonyl (C=O) groups is 2. The average Bonchev–Trinajstić information content (AvgIpc) is 2.85. The summed E-state index contributed by atoms with van der Waals surface area (Å²) in [5, 5.41) is 6.72. The molecule has 2 atom stereocenters. The smallest absolute Gasteiger partial charge is 0.339 e. The highest BCUT2D eigenvalue weighted by molar-refractivity contribution is 6.34. The first kappa shape index (κ1) is 19.0. The molecule has 5 nitrogen and oxygen atoms in total. The van der Waals surface area contributed by atoms with E-state index in [1.165, 1.54) is 20.0 Å². The van der Waals surface area contributed by atoms with E-state index in [0.29, 0.717) is 35.7 Å². The van der Waals surface area contributed by atoms with E-state index in [-0.39, 0.29) is 23.3 Å². The highest BCUT2D eigenvalue weighted by Crippen LogP contribution is 2.33. The van der Waals surface area contributed by atoms with Gasteiger partial charge in [-0.15, -0.1) is 12.4 Å². The van der Waals surface area contributed by atoms with Crippen LogP contribution in [0.2, 0.25) is 5.02 Å². The molecule has 2 N–H and O–H groups in total. The number of piperidine rings is 1. The van der Waals surface area contributed by atoms with Gasteiger partial charge in [-0.3, -0.25) is 4.79 Å². The van der Waals surface area contributed by atoms with Crippen molar-refractivity contribution in [2.75, 3.05) is 12.4 Å². The van der Waals surface area contributed by atoms with Gasteiger partial charge in [0, 0.05) is 24.2 Å². The van der Waals surface area contributed by atoms with E-state index in [0.717, 1.165) is 12.8 Å². The fourth-order valence-electron chi connectivity index (χ4n) is 3.68. The third-order valence-electron chi connectivity index (χ3n) is 4.70. The van der Waals surface area contributed by atoms with Gasteiger partial charge in [-0.2, -0.15) is 0 Å². The second-order valence-electron chi connectivity index (χ2n) is 6.41. The van der Waals surface area contributed by atoms with Crippen LogP contribution in [0, 0.1) is 5.92 Å².